The Balaban J connectivity index is 1.51. The molecule has 0 unspecified atom stereocenters. The van der Waals surface area contributed by atoms with Crippen molar-refractivity contribution in [3.05, 3.63) is 64.5 Å². The summed E-state index contributed by atoms with van der Waals surface area (Å²) in [7, 11) is 0. The molecule has 134 valence electrons. The smallest absolute Gasteiger partial charge is 0.336 e. The lowest BCUT2D eigenvalue weighted by molar-refractivity contribution is -0.914. The molecule has 6 heteroatoms. The number of benzene rings is 2. The Kier molecular flexibility index (Phi) is 4.26. The molecule has 26 heavy (non-hydrogen) atoms. The first-order valence-corrected chi connectivity index (χ1v) is 8.72. The Labute approximate surface area is 150 Å². The van der Waals surface area contributed by atoms with Crippen LogP contribution in [0.1, 0.15) is 5.56 Å². The van der Waals surface area contributed by atoms with Crippen molar-refractivity contribution in [2.75, 3.05) is 31.1 Å². The van der Waals surface area contributed by atoms with Crippen LogP contribution in [0.4, 0.5) is 5.69 Å². The summed E-state index contributed by atoms with van der Waals surface area (Å²) in [4.78, 5) is 15.4. The van der Waals surface area contributed by atoms with Gasteiger partial charge in [-0.1, -0.05) is 12.1 Å². The largest absolute Gasteiger partial charge is 0.508 e. The Hall–Kier alpha value is -2.99. The highest BCUT2D eigenvalue weighted by Gasteiger charge is 2.23. The predicted molar refractivity (Wildman–Crippen MR) is 98.9 cm³/mol. The van der Waals surface area contributed by atoms with E-state index in [1.54, 1.807) is 24.3 Å². The summed E-state index contributed by atoms with van der Waals surface area (Å²) < 4.78 is 5.20. The van der Waals surface area contributed by atoms with Gasteiger partial charge < -0.3 is 24.4 Å². The monoisotopic (exact) mass is 353 g/mol. The molecule has 6 nitrogen and oxygen atoms in total. The quantitative estimate of drug-likeness (QED) is 0.615. The molecule has 1 aliphatic rings. The number of nitrogens with one attached hydrogen (secondary N) is 1. The number of quaternary nitrogens is 1. The van der Waals surface area contributed by atoms with Crippen molar-refractivity contribution in [1.29, 1.82) is 0 Å². The zero-order valence-electron chi connectivity index (χ0n) is 14.3. The van der Waals surface area contributed by atoms with E-state index in [4.69, 9.17) is 4.42 Å². The average molecular weight is 353 g/mol. The normalized spacial score (nSPS) is 15.5. The molecular formula is C20H21N2O4+. The highest BCUT2D eigenvalue weighted by atomic mass is 16.4. The van der Waals surface area contributed by atoms with Crippen molar-refractivity contribution in [1.82, 2.24) is 0 Å². The van der Waals surface area contributed by atoms with Gasteiger partial charge in [0, 0.05) is 23.1 Å². The zero-order chi connectivity index (χ0) is 18.1. The first-order valence-electron chi connectivity index (χ1n) is 8.72. The molecule has 4 rings (SSSR count). The van der Waals surface area contributed by atoms with E-state index in [1.165, 1.54) is 11.0 Å². The van der Waals surface area contributed by atoms with Gasteiger partial charge in [0.15, 0.2) is 0 Å². The van der Waals surface area contributed by atoms with Crippen molar-refractivity contribution in [3.8, 4) is 11.5 Å². The van der Waals surface area contributed by atoms with Crippen molar-refractivity contribution in [2.24, 2.45) is 0 Å². The third-order valence-electron chi connectivity index (χ3n) is 4.95. The zero-order valence-corrected chi connectivity index (χ0v) is 14.3. The van der Waals surface area contributed by atoms with Crippen LogP contribution in [0, 0.1) is 0 Å². The van der Waals surface area contributed by atoms with Gasteiger partial charge >= 0.3 is 5.63 Å². The molecule has 0 spiro atoms. The molecule has 0 saturated carbocycles. The molecule has 3 N–H and O–H groups in total. The Bertz CT molecular complexity index is 991. The van der Waals surface area contributed by atoms with Gasteiger partial charge in [0.25, 0.3) is 0 Å². The van der Waals surface area contributed by atoms with E-state index in [0.29, 0.717) is 11.3 Å². The van der Waals surface area contributed by atoms with Crippen LogP contribution >= 0.6 is 0 Å². The van der Waals surface area contributed by atoms with Crippen LogP contribution in [0.25, 0.3) is 11.0 Å². The summed E-state index contributed by atoms with van der Waals surface area (Å²) in [5.41, 5.74) is 1.82. The van der Waals surface area contributed by atoms with Crippen molar-refractivity contribution in [2.45, 2.75) is 6.54 Å². The fourth-order valence-corrected chi connectivity index (χ4v) is 3.61. The lowest BCUT2D eigenvalue weighted by Gasteiger charge is -2.34. The second-order valence-corrected chi connectivity index (χ2v) is 6.67. The van der Waals surface area contributed by atoms with E-state index in [-0.39, 0.29) is 5.75 Å². The fourth-order valence-electron chi connectivity index (χ4n) is 3.61. The highest BCUT2D eigenvalue weighted by molar-refractivity contribution is 5.81. The number of fused-ring (bicyclic) bond motifs is 1. The van der Waals surface area contributed by atoms with Crippen molar-refractivity contribution in [3.63, 3.8) is 0 Å². The summed E-state index contributed by atoms with van der Waals surface area (Å²) in [6.07, 6.45) is 0. The van der Waals surface area contributed by atoms with Crippen LogP contribution < -0.4 is 15.4 Å². The van der Waals surface area contributed by atoms with Gasteiger partial charge in [-0.05, 0) is 24.3 Å². The topological polar surface area (TPSA) is 78.4 Å². The van der Waals surface area contributed by atoms with Gasteiger partial charge in [-0.25, -0.2) is 4.79 Å². The number of para-hydroxylation sites is 2. The van der Waals surface area contributed by atoms with Gasteiger partial charge in [-0.2, -0.15) is 0 Å². The number of phenolic OH excluding ortho intramolecular Hbond substituents is 2. The molecular weight excluding hydrogens is 332 g/mol. The van der Waals surface area contributed by atoms with Crippen LogP contribution in [0.5, 0.6) is 11.5 Å². The van der Waals surface area contributed by atoms with E-state index in [9.17, 15) is 15.0 Å². The van der Waals surface area contributed by atoms with Crippen LogP contribution in [-0.2, 0) is 6.54 Å². The number of hydrogen-bond acceptors (Lipinski definition) is 5. The van der Waals surface area contributed by atoms with E-state index in [0.717, 1.165) is 49.4 Å². The molecule has 2 aromatic carbocycles. The van der Waals surface area contributed by atoms with Crippen LogP contribution in [-0.4, -0.2) is 36.4 Å². The molecule has 1 aromatic heterocycles. The average Bonchev–Trinajstić information content (AvgIpc) is 2.62. The number of rotatable bonds is 3. The minimum absolute atomic E-state index is 0.0847. The predicted octanol–water partition coefficient (Wildman–Crippen LogP) is 1.11. The van der Waals surface area contributed by atoms with Crippen LogP contribution in [0.3, 0.4) is 0 Å². The summed E-state index contributed by atoms with van der Waals surface area (Å²) in [6, 6.07) is 13.8. The van der Waals surface area contributed by atoms with Gasteiger partial charge in [-0.3, -0.25) is 0 Å². The van der Waals surface area contributed by atoms with Crippen molar-refractivity contribution < 1.29 is 19.5 Å². The van der Waals surface area contributed by atoms with Crippen molar-refractivity contribution >= 4 is 16.7 Å². The SMILES string of the molecule is O=c1cc(C[NH+]2CCN(c3ccccc3O)CC2)c2ccc(O)cc2o1. The third kappa shape index (κ3) is 3.23. The molecule has 2 heterocycles. The lowest BCUT2D eigenvalue weighted by atomic mass is 10.1. The van der Waals surface area contributed by atoms with E-state index in [1.807, 2.05) is 18.2 Å². The summed E-state index contributed by atoms with van der Waals surface area (Å²) in [5.74, 6) is 0.392. The summed E-state index contributed by atoms with van der Waals surface area (Å²) in [6.45, 7) is 4.23. The molecule has 1 fully saturated rings. The minimum atomic E-state index is -0.398. The number of piperazine rings is 1. The number of aromatic hydroxyl groups is 2. The maximum absolute atomic E-state index is 11.8. The second-order valence-electron chi connectivity index (χ2n) is 6.67. The van der Waals surface area contributed by atoms with E-state index < -0.39 is 5.63 Å². The fraction of sp³-hybridized carbons (Fsp3) is 0.250. The summed E-state index contributed by atoms with van der Waals surface area (Å²) in [5, 5.41) is 20.5. The third-order valence-corrected chi connectivity index (χ3v) is 4.95. The molecule has 3 aromatic rings. The highest BCUT2D eigenvalue weighted by Crippen LogP contribution is 2.26. The Morgan fingerprint density at radius 2 is 1.81 bits per heavy atom. The standard InChI is InChI=1S/C20H20N2O4/c23-15-5-6-16-14(11-20(25)26-19(16)12-15)13-21-7-9-22(10-8-21)17-3-1-2-4-18(17)24/h1-6,11-12,23-24H,7-10,13H2/p+1. The number of nitrogens with zero attached hydrogens (tertiary/aromatic N) is 1. The number of hydrogen-bond donors (Lipinski definition) is 3. The van der Waals surface area contributed by atoms with E-state index >= 15 is 0 Å². The Morgan fingerprint density at radius 3 is 2.58 bits per heavy atom. The maximum Gasteiger partial charge on any atom is 0.336 e. The molecule has 0 bridgehead atoms. The van der Waals surface area contributed by atoms with Gasteiger partial charge in [-0.15, -0.1) is 0 Å². The van der Waals surface area contributed by atoms with Gasteiger partial charge in [0.05, 0.1) is 31.9 Å². The van der Waals surface area contributed by atoms with Crippen LogP contribution in [0.2, 0.25) is 0 Å². The molecule has 1 aliphatic heterocycles. The van der Waals surface area contributed by atoms with Gasteiger partial charge in [0.1, 0.15) is 23.6 Å². The number of phenols is 2. The molecule has 1 saturated heterocycles. The summed E-state index contributed by atoms with van der Waals surface area (Å²) >= 11 is 0. The van der Waals surface area contributed by atoms with E-state index in [2.05, 4.69) is 4.90 Å². The molecule has 0 amide bonds. The minimum Gasteiger partial charge on any atom is -0.508 e. The molecule has 0 atom stereocenters. The van der Waals surface area contributed by atoms with Crippen LogP contribution in [0.15, 0.2) is 57.7 Å². The molecule has 0 radical (unpaired) electrons. The molecule has 0 aliphatic carbocycles. The lowest BCUT2D eigenvalue weighted by Crippen LogP contribution is -3.13. The Morgan fingerprint density at radius 1 is 1.04 bits per heavy atom. The number of anilines is 1. The second kappa shape index (κ2) is 6.72. The first kappa shape index (κ1) is 16.5. The first-order chi connectivity index (χ1) is 12.6. The van der Waals surface area contributed by atoms with Gasteiger partial charge in [0.2, 0.25) is 0 Å². The maximum atomic E-state index is 11.8.